The van der Waals surface area contributed by atoms with Gasteiger partial charge in [0.25, 0.3) is 0 Å². The molecule has 0 unspecified atom stereocenters. The lowest BCUT2D eigenvalue weighted by Crippen LogP contribution is -2.24. The smallest absolute Gasteiger partial charge is 0.231 e. The predicted octanol–water partition coefficient (Wildman–Crippen LogP) is 2.37. The van der Waals surface area contributed by atoms with Gasteiger partial charge in [-0.15, -0.1) is 0 Å². The number of carbonyl (C=O) groups is 2. The third-order valence-corrected chi connectivity index (χ3v) is 4.16. The van der Waals surface area contributed by atoms with Crippen molar-refractivity contribution in [2.45, 2.75) is 26.3 Å². The van der Waals surface area contributed by atoms with Gasteiger partial charge < -0.3 is 10.2 Å². The largest absolute Gasteiger partial charge is 0.352 e. The summed E-state index contributed by atoms with van der Waals surface area (Å²) in [4.78, 5) is 25.4. The molecule has 4 heteroatoms. The van der Waals surface area contributed by atoms with Gasteiger partial charge in [-0.1, -0.05) is 42.0 Å². The van der Waals surface area contributed by atoms with Crippen LogP contribution in [-0.2, 0) is 29.0 Å². The molecule has 1 aliphatic heterocycles. The van der Waals surface area contributed by atoms with Crippen LogP contribution in [0.15, 0.2) is 42.5 Å². The Hall–Kier alpha value is -2.62. The molecule has 0 saturated carbocycles. The van der Waals surface area contributed by atoms with Gasteiger partial charge in [0.15, 0.2) is 0 Å². The van der Waals surface area contributed by atoms with Crippen LogP contribution in [0, 0.1) is 6.92 Å². The molecule has 0 fully saturated rings. The fourth-order valence-corrected chi connectivity index (χ4v) is 2.90. The lowest BCUT2D eigenvalue weighted by Gasteiger charge is -2.11. The standard InChI is InChI=1S/C19H20N2O2/c1-13-4-3-5-14(8-13)10-18(22)20-12-15-6-7-17-16(9-15)11-19(23)21(17)2/h3-9H,10-12H2,1-2H3,(H,20,22). The predicted molar refractivity (Wildman–Crippen MR) is 90.3 cm³/mol. The number of likely N-dealkylation sites (N-methyl/N-ethyl adjacent to an activating group) is 1. The molecular formula is C19H20N2O2. The fraction of sp³-hybridized carbons (Fsp3) is 0.263. The molecule has 0 radical (unpaired) electrons. The van der Waals surface area contributed by atoms with Crippen molar-refractivity contribution in [3.8, 4) is 0 Å². The number of fused-ring (bicyclic) bond motifs is 1. The van der Waals surface area contributed by atoms with Crippen molar-refractivity contribution < 1.29 is 9.59 Å². The van der Waals surface area contributed by atoms with E-state index in [0.717, 1.165) is 27.9 Å². The van der Waals surface area contributed by atoms with Crippen molar-refractivity contribution >= 4 is 17.5 Å². The summed E-state index contributed by atoms with van der Waals surface area (Å²) < 4.78 is 0. The zero-order valence-electron chi connectivity index (χ0n) is 13.4. The van der Waals surface area contributed by atoms with Gasteiger partial charge in [0, 0.05) is 19.3 Å². The summed E-state index contributed by atoms with van der Waals surface area (Å²) >= 11 is 0. The second kappa shape index (κ2) is 6.24. The molecule has 0 spiro atoms. The number of amides is 2. The summed E-state index contributed by atoms with van der Waals surface area (Å²) in [6.07, 6.45) is 0.824. The Balaban J connectivity index is 1.60. The maximum Gasteiger partial charge on any atom is 0.231 e. The summed E-state index contributed by atoms with van der Waals surface area (Å²) in [5, 5.41) is 2.94. The van der Waals surface area contributed by atoms with Crippen molar-refractivity contribution in [1.29, 1.82) is 0 Å². The molecule has 2 aromatic carbocycles. The number of hydrogen-bond acceptors (Lipinski definition) is 2. The number of benzene rings is 2. The maximum atomic E-state index is 12.1. The number of rotatable bonds is 4. The molecule has 1 heterocycles. The molecule has 1 N–H and O–H groups in total. The van der Waals surface area contributed by atoms with E-state index in [0.29, 0.717) is 19.4 Å². The molecule has 3 rings (SSSR count). The van der Waals surface area contributed by atoms with Crippen LogP contribution in [0.4, 0.5) is 5.69 Å². The van der Waals surface area contributed by atoms with E-state index in [4.69, 9.17) is 0 Å². The van der Waals surface area contributed by atoms with Crippen molar-refractivity contribution in [2.24, 2.45) is 0 Å². The Kier molecular flexibility index (Phi) is 4.15. The minimum absolute atomic E-state index is 0.00397. The molecule has 2 aromatic rings. The minimum atomic E-state index is 0.00397. The van der Waals surface area contributed by atoms with Gasteiger partial charge in [-0.05, 0) is 29.7 Å². The lowest BCUT2D eigenvalue weighted by atomic mass is 10.1. The Morgan fingerprint density at radius 3 is 2.78 bits per heavy atom. The average molecular weight is 308 g/mol. The quantitative estimate of drug-likeness (QED) is 0.943. The van der Waals surface area contributed by atoms with Gasteiger partial charge in [0.2, 0.25) is 11.8 Å². The van der Waals surface area contributed by atoms with Gasteiger partial charge in [-0.3, -0.25) is 9.59 Å². The number of nitrogens with one attached hydrogen (secondary N) is 1. The SMILES string of the molecule is Cc1cccc(CC(=O)NCc2ccc3c(c2)CC(=O)N3C)c1. The Bertz CT molecular complexity index is 768. The van der Waals surface area contributed by atoms with Gasteiger partial charge >= 0.3 is 0 Å². The Morgan fingerprint density at radius 1 is 1.17 bits per heavy atom. The molecule has 2 amide bonds. The van der Waals surface area contributed by atoms with Crippen molar-refractivity contribution in [3.05, 3.63) is 64.7 Å². The monoisotopic (exact) mass is 308 g/mol. The summed E-state index contributed by atoms with van der Waals surface area (Å²) in [6, 6.07) is 13.9. The van der Waals surface area contributed by atoms with E-state index in [1.807, 2.05) is 49.4 Å². The van der Waals surface area contributed by atoms with Crippen LogP contribution >= 0.6 is 0 Å². The molecule has 118 valence electrons. The van der Waals surface area contributed by atoms with Crippen LogP contribution in [0.25, 0.3) is 0 Å². The van der Waals surface area contributed by atoms with E-state index in [9.17, 15) is 9.59 Å². The minimum Gasteiger partial charge on any atom is -0.352 e. The average Bonchev–Trinajstić information content (AvgIpc) is 2.80. The molecule has 4 nitrogen and oxygen atoms in total. The first-order chi connectivity index (χ1) is 11.0. The highest BCUT2D eigenvalue weighted by Gasteiger charge is 2.23. The number of nitrogens with zero attached hydrogens (tertiary/aromatic N) is 1. The van der Waals surface area contributed by atoms with Crippen LogP contribution in [0.3, 0.4) is 0 Å². The van der Waals surface area contributed by atoms with Crippen LogP contribution in [-0.4, -0.2) is 18.9 Å². The normalized spacial score (nSPS) is 13.1. The zero-order chi connectivity index (χ0) is 16.4. The maximum absolute atomic E-state index is 12.1. The van der Waals surface area contributed by atoms with E-state index < -0.39 is 0 Å². The van der Waals surface area contributed by atoms with E-state index >= 15 is 0 Å². The number of hydrogen-bond donors (Lipinski definition) is 1. The summed E-state index contributed by atoms with van der Waals surface area (Å²) in [7, 11) is 1.79. The van der Waals surface area contributed by atoms with E-state index in [1.165, 1.54) is 0 Å². The highest BCUT2D eigenvalue weighted by Crippen LogP contribution is 2.28. The number of aryl methyl sites for hydroxylation is 1. The van der Waals surface area contributed by atoms with Crippen molar-refractivity contribution in [3.63, 3.8) is 0 Å². The van der Waals surface area contributed by atoms with Crippen LogP contribution in [0.5, 0.6) is 0 Å². The Labute approximate surface area is 136 Å². The molecule has 1 aliphatic rings. The number of anilines is 1. The first-order valence-corrected chi connectivity index (χ1v) is 7.73. The summed E-state index contributed by atoms with van der Waals surface area (Å²) in [6.45, 7) is 2.50. The first-order valence-electron chi connectivity index (χ1n) is 7.73. The van der Waals surface area contributed by atoms with E-state index in [1.54, 1.807) is 11.9 Å². The molecule has 0 aromatic heterocycles. The molecule has 0 atom stereocenters. The fourth-order valence-electron chi connectivity index (χ4n) is 2.90. The summed E-state index contributed by atoms with van der Waals surface area (Å²) in [5.41, 5.74) is 5.18. The van der Waals surface area contributed by atoms with Gasteiger partial charge in [-0.2, -0.15) is 0 Å². The second-order valence-corrected chi connectivity index (χ2v) is 6.04. The van der Waals surface area contributed by atoms with Crippen molar-refractivity contribution in [1.82, 2.24) is 5.32 Å². The highest BCUT2D eigenvalue weighted by atomic mass is 16.2. The van der Waals surface area contributed by atoms with Crippen LogP contribution in [0.1, 0.15) is 22.3 Å². The van der Waals surface area contributed by atoms with Crippen LogP contribution < -0.4 is 10.2 Å². The van der Waals surface area contributed by atoms with Gasteiger partial charge in [0.1, 0.15) is 0 Å². The van der Waals surface area contributed by atoms with E-state index in [2.05, 4.69) is 5.32 Å². The van der Waals surface area contributed by atoms with Gasteiger partial charge in [0.05, 0.1) is 12.8 Å². The lowest BCUT2D eigenvalue weighted by molar-refractivity contribution is -0.120. The number of carbonyl (C=O) groups excluding carboxylic acids is 2. The zero-order valence-corrected chi connectivity index (χ0v) is 13.4. The van der Waals surface area contributed by atoms with Crippen LogP contribution in [0.2, 0.25) is 0 Å². The third-order valence-electron chi connectivity index (χ3n) is 4.16. The molecule has 23 heavy (non-hydrogen) atoms. The summed E-state index contributed by atoms with van der Waals surface area (Å²) in [5.74, 6) is 0.116. The topological polar surface area (TPSA) is 49.4 Å². The highest BCUT2D eigenvalue weighted by molar-refractivity contribution is 6.00. The molecule has 0 bridgehead atoms. The third kappa shape index (κ3) is 3.42. The van der Waals surface area contributed by atoms with E-state index in [-0.39, 0.29) is 11.8 Å². The van der Waals surface area contributed by atoms with Crippen molar-refractivity contribution in [2.75, 3.05) is 11.9 Å². The first kappa shape index (κ1) is 15.3. The Morgan fingerprint density at radius 2 is 2.00 bits per heavy atom. The van der Waals surface area contributed by atoms with Gasteiger partial charge in [-0.25, -0.2) is 0 Å². The molecular weight excluding hydrogens is 288 g/mol. The molecule has 0 aliphatic carbocycles. The second-order valence-electron chi connectivity index (χ2n) is 6.04. The molecule has 0 saturated heterocycles.